The first-order valence-corrected chi connectivity index (χ1v) is 9.13. The number of hydrogen-bond donors (Lipinski definition) is 0. The molecule has 0 heterocycles. The van der Waals surface area contributed by atoms with E-state index in [9.17, 15) is 4.79 Å². The van der Waals surface area contributed by atoms with Gasteiger partial charge in [-0.2, -0.15) is 0 Å². The summed E-state index contributed by atoms with van der Waals surface area (Å²) in [6.45, 7) is 7.32. The highest BCUT2D eigenvalue weighted by Crippen LogP contribution is 2.27. The van der Waals surface area contributed by atoms with Crippen LogP contribution in [-0.2, 0) is 9.63 Å². The van der Waals surface area contributed by atoms with Gasteiger partial charge < -0.3 is 4.84 Å². The number of nitrogens with zero attached hydrogens (tertiary/aromatic N) is 1. The van der Waals surface area contributed by atoms with Crippen molar-refractivity contribution in [1.29, 1.82) is 0 Å². The molecule has 0 spiro atoms. The quantitative estimate of drug-likeness (QED) is 0.264. The van der Waals surface area contributed by atoms with Gasteiger partial charge in [0.1, 0.15) is 0 Å². The van der Waals surface area contributed by atoms with Crippen LogP contribution in [0.4, 0.5) is 0 Å². The molecule has 0 aliphatic rings. The van der Waals surface area contributed by atoms with E-state index in [0.29, 0.717) is 6.42 Å². The molecule has 0 saturated carbocycles. The molecule has 25 heavy (non-hydrogen) atoms. The van der Waals surface area contributed by atoms with E-state index in [2.05, 4.69) is 36.0 Å². The lowest BCUT2D eigenvalue weighted by molar-refractivity contribution is -0.147. The van der Waals surface area contributed by atoms with Gasteiger partial charge in [0.15, 0.2) is 0 Å². The fraction of sp³-hybridized carbons (Fsp3) is 0.238. The molecule has 0 aliphatic heterocycles. The van der Waals surface area contributed by atoms with Crippen molar-refractivity contribution in [3.8, 4) is 0 Å². The minimum Gasteiger partial charge on any atom is -0.318 e. The largest absolute Gasteiger partial charge is 0.337 e. The predicted molar refractivity (Wildman–Crippen MR) is 104 cm³/mol. The van der Waals surface area contributed by atoms with Gasteiger partial charge >= 0.3 is 5.97 Å². The molecule has 0 aliphatic carbocycles. The molecule has 0 atom stereocenters. The zero-order valence-corrected chi connectivity index (χ0v) is 15.5. The lowest BCUT2D eigenvalue weighted by Gasteiger charge is -2.08. The molecule has 0 N–H and O–H groups in total. The molecular weight excluding hydrogens is 330 g/mol. The summed E-state index contributed by atoms with van der Waals surface area (Å²) in [7, 11) is 0. The van der Waals surface area contributed by atoms with E-state index in [1.807, 2.05) is 36.4 Å². The second-order valence-corrected chi connectivity index (χ2v) is 7.02. The smallest absolute Gasteiger partial charge is 0.318 e. The SMILES string of the molecule is C=CCC/C(=N\OC(=O)C(C)C)c1ccc(Sc2ccccc2)cc1. The van der Waals surface area contributed by atoms with Crippen LogP contribution in [0.3, 0.4) is 0 Å². The third-order valence-electron chi connectivity index (χ3n) is 3.47. The summed E-state index contributed by atoms with van der Waals surface area (Å²) >= 11 is 1.71. The van der Waals surface area contributed by atoms with Crippen molar-refractivity contribution in [2.45, 2.75) is 36.5 Å². The van der Waals surface area contributed by atoms with Crippen LogP contribution >= 0.6 is 11.8 Å². The fourth-order valence-electron chi connectivity index (χ4n) is 2.03. The summed E-state index contributed by atoms with van der Waals surface area (Å²) in [4.78, 5) is 19.1. The normalized spacial score (nSPS) is 11.4. The summed E-state index contributed by atoms with van der Waals surface area (Å²) in [5.74, 6) is -0.526. The van der Waals surface area contributed by atoms with Crippen molar-refractivity contribution in [3.05, 3.63) is 72.8 Å². The zero-order chi connectivity index (χ0) is 18.1. The minimum atomic E-state index is -0.327. The predicted octanol–water partition coefficient (Wildman–Crippen LogP) is 5.71. The number of oxime groups is 1. The maximum Gasteiger partial charge on any atom is 0.337 e. The van der Waals surface area contributed by atoms with Crippen molar-refractivity contribution < 1.29 is 9.63 Å². The highest BCUT2D eigenvalue weighted by atomic mass is 32.2. The Hall–Kier alpha value is -2.33. The number of benzene rings is 2. The molecular formula is C21H23NO2S. The highest BCUT2D eigenvalue weighted by Gasteiger charge is 2.10. The molecule has 0 bridgehead atoms. The van der Waals surface area contributed by atoms with Crippen molar-refractivity contribution in [2.75, 3.05) is 0 Å². The van der Waals surface area contributed by atoms with E-state index >= 15 is 0 Å². The molecule has 2 aromatic carbocycles. The molecule has 3 nitrogen and oxygen atoms in total. The molecule has 2 rings (SSSR count). The second kappa shape index (κ2) is 9.84. The van der Waals surface area contributed by atoms with Crippen LogP contribution in [0.1, 0.15) is 32.3 Å². The summed E-state index contributed by atoms with van der Waals surface area (Å²) in [5, 5.41) is 4.08. The fourth-order valence-corrected chi connectivity index (χ4v) is 2.86. The average Bonchev–Trinajstić information content (AvgIpc) is 2.63. The molecule has 130 valence electrons. The van der Waals surface area contributed by atoms with E-state index in [4.69, 9.17) is 4.84 Å². The number of carbonyl (C=O) groups excluding carboxylic acids is 1. The van der Waals surface area contributed by atoms with E-state index in [0.717, 1.165) is 22.6 Å². The summed E-state index contributed by atoms with van der Waals surface area (Å²) < 4.78 is 0. The molecule has 0 fully saturated rings. The maximum atomic E-state index is 11.7. The number of rotatable bonds is 8. The van der Waals surface area contributed by atoms with E-state index in [1.165, 1.54) is 4.90 Å². The standard InChI is InChI=1S/C21H23NO2S/c1-4-5-11-20(22-24-21(23)16(2)3)17-12-14-19(15-13-17)25-18-9-7-6-8-10-18/h4,6-10,12-16H,1,5,11H2,2-3H3/b22-20+. The van der Waals surface area contributed by atoms with E-state index < -0.39 is 0 Å². The Morgan fingerprint density at radius 2 is 1.76 bits per heavy atom. The lowest BCUT2D eigenvalue weighted by atomic mass is 10.1. The number of carbonyl (C=O) groups is 1. The van der Waals surface area contributed by atoms with Gasteiger partial charge in [0, 0.05) is 9.79 Å². The monoisotopic (exact) mass is 353 g/mol. The Morgan fingerprint density at radius 3 is 2.36 bits per heavy atom. The van der Waals surface area contributed by atoms with E-state index in [1.54, 1.807) is 25.6 Å². The van der Waals surface area contributed by atoms with Crippen LogP contribution < -0.4 is 0 Å². The topological polar surface area (TPSA) is 38.7 Å². The van der Waals surface area contributed by atoms with Gasteiger partial charge in [-0.3, -0.25) is 0 Å². The van der Waals surface area contributed by atoms with Crippen LogP contribution in [0, 0.1) is 5.92 Å². The third kappa shape index (κ3) is 6.24. The molecule has 0 amide bonds. The Bertz CT molecular complexity index is 721. The second-order valence-electron chi connectivity index (χ2n) is 5.87. The first kappa shape index (κ1) is 19.0. The Kier molecular flexibility index (Phi) is 7.48. The molecule has 0 unspecified atom stereocenters. The molecule has 2 aromatic rings. The third-order valence-corrected chi connectivity index (χ3v) is 4.48. The van der Waals surface area contributed by atoms with Gasteiger partial charge in [-0.05, 0) is 42.7 Å². The van der Waals surface area contributed by atoms with Crippen LogP contribution in [0.25, 0.3) is 0 Å². The van der Waals surface area contributed by atoms with Crippen molar-refractivity contribution in [1.82, 2.24) is 0 Å². The van der Waals surface area contributed by atoms with Crippen LogP contribution in [0.2, 0.25) is 0 Å². The van der Waals surface area contributed by atoms with Crippen LogP contribution in [0.5, 0.6) is 0 Å². The molecule has 4 heteroatoms. The van der Waals surface area contributed by atoms with Gasteiger partial charge in [-0.1, -0.05) is 67.2 Å². The van der Waals surface area contributed by atoms with Crippen molar-refractivity contribution in [3.63, 3.8) is 0 Å². The lowest BCUT2D eigenvalue weighted by Crippen LogP contribution is -2.11. The Balaban J connectivity index is 2.12. The highest BCUT2D eigenvalue weighted by molar-refractivity contribution is 7.99. The number of allylic oxidation sites excluding steroid dienone is 1. The first-order chi connectivity index (χ1) is 12.1. The average molecular weight is 353 g/mol. The zero-order valence-electron chi connectivity index (χ0n) is 14.6. The van der Waals surface area contributed by atoms with Crippen LogP contribution in [0.15, 0.2) is 82.2 Å². The molecule has 0 saturated heterocycles. The summed E-state index contributed by atoms with van der Waals surface area (Å²) in [6.07, 6.45) is 3.29. The Labute approximate surface area is 153 Å². The first-order valence-electron chi connectivity index (χ1n) is 8.32. The van der Waals surface area contributed by atoms with Crippen LogP contribution in [-0.4, -0.2) is 11.7 Å². The number of hydrogen-bond acceptors (Lipinski definition) is 4. The van der Waals surface area contributed by atoms with Gasteiger partial charge in [0.2, 0.25) is 0 Å². The van der Waals surface area contributed by atoms with Crippen molar-refractivity contribution >= 4 is 23.4 Å². The van der Waals surface area contributed by atoms with Gasteiger partial charge in [-0.15, -0.1) is 6.58 Å². The van der Waals surface area contributed by atoms with Gasteiger partial charge in [0.25, 0.3) is 0 Å². The minimum absolute atomic E-state index is 0.200. The van der Waals surface area contributed by atoms with E-state index in [-0.39, 0.29) is 11.9 Å². The summed E-state index contributed by atoms with van der Waals surface area (Å²) in [5.41, 5.74) is 1.71. The van der Waals surface area contributed by atoms with Gasteiger partial charge in [0.05, 0.1) is 11.6 Å². The van der Waals surface area contributed by atoms with Crippen molar-refractivity contribution in [2.24, 2.45) is 11.1 Å². The molecule has 0 radical (unpaired) electrons. The Morgan fingerprint density at radius 1 is 1.12 bits per heavy atom. The summed E-state index contributed by atoms with van der Waals surface area (Å²) in [6, 6.07) is 18.4. The molecule has 0 aromatic heterocycles. The maximum absolute atomic E-state index is 11.7. The van der Waals surface area contributed by atoms with Gasteiger partial charge in [-0.25, -0.2) is 4.79 Å².